The zero-order chi connectivity index (χ0) is 15.5. The minimum atomic E-state index is -3.40. The summed E-state index contributed by atoms with van der Waals surface area (Å²) >= 11 is 0. The Morgan fingerprint density at radius 1 is 1.48 bits per heavy atom. The van der Waals surface area contributed by atoms with Crippen LogP contribution in [0.25, 0.3) is 0 Å². The lowest BCUT2D eigenvalue weighted by molar-refractivity contribution is -0.119. The Morgan fingerprint density at radius 3 is 2.90 bits per heavy atom. The molecule has 0 saturated carbocycles. The fourth-order valence-corrected chi connectivity index (χ4v) is 4.18. The second-order valence-electron chi connectivity index (χ2n) is 5.40. The summed E-state index contributed by atoms with van der Waals surface area (Å²) < 4.78 is 26.4. The van der Waals surface area contributed by atoms with Gasteiger partial charge in [-0.3, -0.25) is 4.79 Å². The molecule has 2 rings (SSSR count). The van der Waals surface area contributed by atoms with Crippen molar-refractivity contribution in [3.63, 3.8) is 0 Å². The minimum Gasteiger partial charge on any atom is -0.399 e. The van der Waals surface area contributed by atoms with Crippen LogP contribution < -0.4 is 11.1 Å². The molecule has 1 aliphatic heterocycles. The zero-order valence-electron chi connectivity index (χ0n) is 12.1. The lowest BCUT2D eigenvalue weighted by Crippen LogP contribution is -2.49. The average molecular weight is 311 g/mol. The minimum absolute atomic E-state index is 0.0647. The topological polar surface area (TPSA) is 92.5 Å². The number of nitrogens with one attached hydrogen (secondary N) is 1. The van der Waals surface area contributed by atoms with Crippen molar-refractivity contribution in [3.05, 3.63) is 29.8 Å². The normalized spacial score (nSPS) is 20.1. The number of rotatable bonds is 4. The number of nitrogens with two attached hydrogens (primary N) is 1. The molecule has 1 saturated heterocycles. The summed E-state index contributed by atoms with van der Waals surface area (Å²) in [7, 11) is -3.40. The molecule has 0 radical (unpaired) electrons. The summed E-state index contributed by atoms with van der Waals surface area (Å²) in [6.45, 7) is 2.28. The molecule has 6 nitrogen and oxygen atoms in total. The molecule has 0 aliphatic carbocycles. The van der Waals surface area contributed by atoms with Gasteiger partial charge in [-0.05, 0) is 30.5 Å². The third-order valence-corrected chi connectivity index (χ3v) is 5.30. The SMILES string of the molecule is CC(=O)NC1CCCN(S(=O)(=O)Cc2cccc(N)c2)C1. The number of hydrogen-bond donors (Lipinski definition) is 2. The van der Waals surface area contributed by atoms with Crippen LogP contribution in [0.5, 0.6) is 0 Å². The monoisotopic (exact) mass is 311 g/mol. The zero-order valence-corrected chi connectivity index (χ0v) is 12.9. The maximum Gasteiger partial charge on any atom is 0.218 e. The summed E-state index contributed by atoms with van der Waals surface area (Å²) in [4.78, 5) is 11.1. The van der Waals surface area contributed by atoms with Crippen LogP contribution in [0, 0.1) is 0 Å². The average Bonchev–Trinajstić information content (AvgIpc) is 2.37. The maximum absolute atomic E-state index is 12.5. The van der Waals surface area contributed by atoms with Crippen molar-refractivity contribution >= 4 is 21.6 Å². The van der Waals surface area contributed by atoms with Gasteiger partial charge in [0.25, 0.3) is 0 Å². The van der Waals surface area contributed by atoms with Crippen molar-refractivity contribution in [2.24, 2.45) is 0 Å². The predicted octanol–water partition coefficient (Wildman–Crippen LogP) is 0.699. The predicted molar refractivity (Wildman–Crippen MR) is 81.9 cm³/mol. The number of anilines is 1. The summed E-state index contributed by atoms with van der Waals surface area (Å²) in [6.07, 6.45) is 1.56. The number of carbonyl (C=O) groups is 1. The van der Waals surface area contributed by atoms with E-state index >= 15 is 0 Å². The first-order chi connectivity index (χ1) is 9.87. The number of piperidine rings is 1. The molecule has 1 heterocycles. The number of hydrogen-bond acceptors (Lipinski definition) is 4. The molecule has 7 heteroatoms. The summed E-state index contributed by atoms with van der Waals surface area (Å²) in [5.41, 5.74) is 6.91. The van der Waals surface area contributed by atoms with E-state index in [1.54, 1.807) is 24.3 Å². The van der Waals surface area contributed by atoms with E-state index in [1.165, 1.54) is 11.2 Å². The Balaban J connectivity index is 2.06. The molecule has 1 unspecified atom stereocenters. The summed E-state index contributed by atoms with van der Waals surface area (Å²) in [5, 5.41) is 2.79. The molecule has 116 valence electrons. The molecule has 1 amide bonds. The van der Waals surface area contributed by atoms with Crippen molar-refractivity contribution in [3.8, 4) is 0 Å². The van der Waals surface area contributed by atoms with Gasteiger partial charge in [-0.1, -0.05) is 12.1 Å². The Bertz CT molecular complexity index is 616. The first-order valence-corrected chi connectivity index (χ1v) is 8.57. The molecule has 0 bridgehead atoms. The third kappa shape index (κ3) is 4.44. The van der Waals surface area contributed by atoms with Gasteiger partial charge in [-0.2, -0.15) is 4.31 Å². The lowest BCUT2D eigenvalue weighted by atomic mass is 10.1. The highest BCUT2D eigenvalue weighted by atomic mass is 32.2. The molecule has 1 aromatic carbocycles. The van der Waals surface area contributed by atoms with Crippen molar-refractivity contribution in [2.75, 3.05) is 18.8 Å². The standard InChI is InChI=1S/C14H21N3O3S/c1-11(18)16-14-6-3-7-17(9-14)21(19,20)10-12-4-2-5-13(15)8-12/h2,4-5,8,14H,3,6-7,9-10,15H2,1H3,(H,16,18). The van der Waals surface area contributed by atoms with Crippen LogP contribution in [0.2, 0.25) is 0 Å². The molecule has 3 N–H and O–H groups in total. The van der Waals surface area contributed by atoms with E-state index in [9.17, 15) is 13.2 Å². The number of sulfonamides is 1. The number of benzene rings is 1. The Morgan fingerprint density at radius 2 is 2.24 bits per heavy atom. The van der Waals surface area contributed by atoms with Crippen LogP contribution in [0.3, 0.4) is 0 Å². The molecule has 1 atom stereocenters. The molecule has 1 aromatic rings. The molecule has 0 aromatic heterocycles. The van der Waals surface area contributed by atoms with Crippen LogP contribution in [-0.2, 0) is 20.6 Å². The van der Waals surface area contributed by atoms with Crippen molar-refractivity contribution in [1.29, 1.82) is 0 Å². The van der Waals surface area contributed by atoms with Gasteiger partial charge in [0, 0.05) is 31.7 Å². The van der Waals surface area contributed by atoms with Gasteiger partial charge in [0.1, 0.15) is 0 Å². The van der Waals surface area contributed by atoms with Gasteiger partial charge in [-0.15, -0.1) is 0 Å². The number of nitrogens with zero attached hydrogens (tertiary/aromatic N) is 1. The highest BCUT2D eigenvalue weighted by molar-refractivity contribution is 7.88. The maximum atomic E-state index is 12.5. The molecular weight excluding hydrogens is 290 g/mol. The van der Waals surface area contributed by atoms with E-state index < -0.39 is 10.0 Å². The Hall–Kier alpha value is -1.60. The van der Waals surface area contributed by atoms with E-state index in [0.29, 0.717) is 24.3 Å². The molecule has 21 heavy (non-hydrogen) atoms. The van der Waals surface area contributed by atoms with E-state index in [0.717, 1.165) is 12.8 Å². The van der Waals surface area contributed by atoms with Crippen molar-refractivity contribution in [1.82, 2.24) is 9.62 Å². The van der Waals surface area contributed by atoms with Crippen LogP contribution >= 0.6 is 0 Å². The van der Waals surface area contributed by atoms with E-state index in [1.807, 2.05) is 0 Å². The summed E-state index contributed by atoms with van der Waals surface area (Å²) in [5.74, 6) is -0.194. The number of nitrogen functional groups attached to an aromatic ring is 1. The highest BCUT2D eigenvalue weighted by Gasteiger charge is 2.29. The van der Waals surface area contributed by atoms with Crippen molar-refractivity contribution < 1.29 is 13.2 Å². The third-order valence-electron chi connectivity index (χ3n) is 3.49. The largest absolute Gasteiger partial charge is 0.399 e. The first-order valence-electron chi connectivity index (χ1n) is 6.96. The lowest BCUT2D eigenvalue weighted by Gasteiger charge is -2.32. The van der Waals surface area contributed by atoms with Gasteiger partial charge in [0.05, 0.1) is 5.75 Å². The van der Waals surface area contributed by atoms with Crippen molar-refractivity contribution in [2.45, 2.75) is 31.6 Å². The van der Waals surface area contributed by atoms with Crippen LogP contribution in [0.4, 0.5) is 5.69 Å². The first kappa shape index (κ1) is 15.8. The second-order valence-corrected chi connectivity index (χ2v) is 7.37. The molecule has 0 spiro atoms. The fraction of sp³-hybridized carbons (Fsp3) is 0.500. The quantitative estimate of drug-likeness (QED) is 0.801. The van der Waals surface area contributed by atoms with Gasteiger partial charge in [0.2, 0.25) is 15.9 Å². The summed E-state index contributed by atoms with van der Waals surface area (Å²) in [6, 6.07) is 6.79. The van der Waals surface area contributed by atoms with E-state index in [-0.39, 0.29) is 17.7 Å². The van der Waals surface area contributed by atoms with Crippen LogP contribution in [-0.4, -0.2) is 37.8 Å². The Kier molecular flexibility index (Phi) is 4.84. The van der Waals surface area contributed by atoms with E-state index in [2.05, 4.69) is 5.32 Å². The van der Waals surface area contributed by atoms with Gasteiger partial charge >= 0.3 is 0 Å². The highest BCUT2D eigenvalue weighted by Crippen LogP contribution is 2.18. The molecular formula is C14H21N3O3S. The van der Waals surface area contributed by atoms with Gasteiger partial charge < -0.3 is 11.1 Å². The number of carbonyl (C=O) groups excluding carboxylic acids is 1. The molecule has 1 aliphatic rings. The van der Waals surface area contributed by atoms with Gasteiger partial charge in [0.15, 0.2) is 0 Å². The van der Waals surface area contributed by atoms with E-state index in [4.69, 9.17) is 5.73 Å². The van der Waals surface area contributed by atoms with Crippen LogP contribution in [0.15, 0.2) is 24.3 Å². The second kappa shape index (κ2) is 6.44. The fourth-order valence-electron chi connectivity index (χ4n) is 2.59. The number of amides is 1. The Labute approximate surface area is 125 Å². The molecule has 1 fully saturated rings. The smallest absolute Gasteiger partial charge is 0.218 e. The van der Waals surface area contributed by atoms with Gasteiger partial charge in [-0.25, -0.2) is 8.42 Å². The van der Waals surface area contributed by atoms with Crippen LogP contribution in [0.1, 0.15) is 25.3 Å².